The summed E-state index contributed by atoms with van der Waals surface area (Å²) < 4.78 is 2.05. The van der Waals surface area contributed by atoms with Crippen LogP contribution in [0.1, 0.15) is 36.3 Å². The van der Waals surface area contributed by atoms with Crippen LogP contribution < -0.4 is 0 Å². The monoisotopic (exact) mass is 164 g/mol. The van der Waals surface area contributed by atoms with Crippen molar-refractivity contribution >= 4 is 6.29 Å². The second-order valence-corrected chi connectivity index (χ2v) is 3.59. The van der Waals surface area contributed by atoms with Crippen LogP contribution in [0.5, 0.6) is 0 Å². The summed E-state index contributed by atoms with van der Waals surface area (Å²) in [4.78, 5) is 14.3. The maximum atomic E-state index is 10.3. The number of imidazole rings is 1. The Labute approximate surface area is 71.4 Å². The van der Waals surface area contributed by atoms with Crippen molar-refractivity contribution in [3.05, 3.63) is 18.2 Å². The topological polar surface area (TPSA) is 34.9 Å². The molecule has 1 aliphatic rings. The number of carbonyl (C=O) groups excluding carboxylic acids is 1. The molecule has 0 unspecified atom stereocenters. The van der Waals surface area contributed by atoms with Crippen LogP contribution >= 0.6 is 0 Å². The Balaban J connectivity index is 2.08. The number of nitrogens with zero attached hydrogens (tertiary/aromatic N) is 2. The molecule has 64 valence electrons. The van der Waals surface area contributed by atoms with Gasteiger partial charge in [-0.2, -0.15) is 0 Å². The molecule has 0 atom stereocenters. The first-order chi connectivity index (χ1) is 5.79. The lowest BCUT2D eigenvalue weighted by molar-refractivity contribution is 0.111. The molecule has 0 bridgehead atoms. The van der Waals surface area contributed by atoms with Gasteiger partial charge in [0.2, 0.25) is 0 Å². The van der Waals surface area contributed by atoms with Gasteiger partial charge in [-0.25, -0.2) is 4.98 Å². The van der Waals surface area contributed by atoms with Crippen LogP contribution in [0.25, 0.3) is 0 Å². The Hall–Kier alpha value is -1.12. The minimum atomic E-state index is 0.537. The molecule has 3 nitrogen and oxygen atoms in total. The highest BCUT2D eigenvalue weighted by atomic mass is 16.1. The summed E-state index contributed by atoms with van der Waals surface area (Å²) in [5.41, 5.74) is 0.537. The fourth-order valence-corrected chi connectivity index (χ4v) is 1.72. The van der Waals surface area contributed by atoms with E-state index >= 15 is 0 Å². The first-order valence-corrected chi connectivity index (χ1v) is 4.28. The van der Waals surface area contributed by atoms with Crippen molar-refractivity contribution in [2.24, 2.45) is 5.92 Å². The number of hydrogen-bond acceptors (Lipinski definition) is 2. The van der Waals surface area contributed by atoms with Crippen molar-refractivity contribution in [1.82, 2.24) is 9.55 Å². The molecule has 3 heteroatoms. The van der Waals surface area contributed by atoms with Crippen molar-refractivity contribution < 1.29 is 4.79 Å². The van der Waals surface area contributed by atoms with Crippen molar-refractivity contribution in [2.45, 2.75) is 25.8 Å². The Morgan fingerprint density at radius 3 is 2.92 bits per heavy atom. The van der Waals surface area contributed by atoms with E-state index in [4.69, 9.17) is 0 Å². The minimum absolute atomic E-state index is 0.537. The van der Waals surface area contributed by atoms with E-state index in [1.54, 1.807) is 6.33 Å². The molecule has 0 spiro atoms. The lowest BCUT2D eigenvalue weighted by Crippen LogP contribution is -2.23. The standard InChI is InChI=1S/C9H12N2O/c1-7-2-9(3-7)11-4-8(5-12)10-6-11/h4-7,9H,2-3H2,1H3. The van der Waals surface area contributed by atoms with Gasteiger partial charge < -0.3 is 4.57 Å². The average Bonchev–Trinajstić information content (AvgIpc) is 2.46. The Morgan fingerprint density at radius 2 is 2.42 bits per heavy atom. The van der Waals surface area contributed by atoms with Crippen LogP contribution in [0.2, 0.25) is 0 Å². The van der Waals surface area contributed by atoms with Gasteiger partial charge in [0.05, 0.1) is 6.33 Å². The zero-order valence-electron chi connectivity index (χ0n) is 7.10. The van der Waals surface area contributed by atoms with E-state index in [-0.39, 0.29) is 0 Å². The second-order valence-electron chi connectivity index (χ2n) is 3.59. The van der Waals surface area contributed by atoms with Crippen LogP contribution in [0.4, 0.5) is 0 Å². The first kappa shape index (κ1) is 7.53. The Bertz CT molecular complexity index is 286. The Kier molecular flexibility index (Phi) is 1.71. The molecule has 1 aromatic heterocycles. The molecule has 0 saturated heterocycles. The van der Waals surface area contributed by atoms with Gasteiger partial charge in [0.15, 0.2) is 6.29 Å². The third kappa shape index (κ3) is 1.15. The van der Waals surface area contributed by atoms with Crippen LogP contribution in [-0.4, -0.2) is 15.8 Å². The molecule has 2 rings (SSSR count). The Morgan fingerprint density at radius 1 is 1.67 bits per heavy atom. The van der Waals surface area contributed by atoms with Crippen LogP contribution in [0.15, 0.2) is 12.5 Å². The fraction of sp³-hybridized carbons (Fsp3) is 0.556. The summed E-state index contributed by atoms with van der Waals surface area (Å²) >= 11 is 0. The normalized spacial score (nSPS) is 28.1. The molecule has 12 heavy (non-hydrogen) atoms. The number of aldehydes is 1. The lowest BCUT2D eigenvalue weighted by atomic mass is 9.82. The highest BCUT2D eigenvalue weighted by Gasteiger charge is 2.26. The number of rotatable bonds is 2. The van der Waals surface area contributed by atoms with Crippen molar-refractivity contribution in [3.63, 3.8) is 0 Å². The van der Waals surface area contributed by atoms with Crippen LogP contribution in [0.3, 0.4) is 0 Å². The molecule has 0 aromatic carbocycles. The van der Waals surface area contributed by atoms with Crippen molar-refractivity contribution in [2.75, 3.05) is 0 Å². The van der Waals surface area contributed by atoms with E-state index in [2.05, 4.69) is 11.9 Å². The molecule has 1 heterocycles. The summed E-state index contributed by atoms with van der Waals surface area (Å²) in [7, 11) is 0. The highest BCUT2D eigenvalue weighted by molar-refractivity contribution is 5.70. The molecule has 1 saturated carbocycles. The molecule has 0 radical (unpaired) electrons. The van der Waals surface area contributed by atoms with Gasteiger partial charge in [-0.15, -0.1) is 0 Å². The zero-order chi connectivity index (χ0) is 8.55. The number of carbonyl (C=O) groups is 1. The quantitative estimate of drug-likeness (QED) is 0.623. The van der Waals surface area contributed by atoms with Crippen molar-refractivity contribution in [1.29, 1.82) is 0 Å². The highest BCUT2D eigenvalue weighted by Crippen LogP contribution is 2.36. The molecule has 1 aliphatic carbocycles. The van der Waals surface area contributed by atoms with E-state index < -0.39 is 0 Å². The zero-order valence-corrected chi connectivity index (χ0v) is 7.10. The molecular weight excluding hydrogens is 152 g/mol. The summed E-state index contributed by atoms with van der Waals surface area (Å²) in [6.45, 7) is 2.24. The smallest absolute Gasteiger partial charge is 0.169 e. The fourth-order valence-electron chi connectivity index (χ4n) is 1.72. The third-order valence-electron chi connectivity index (χ3n) is 2.51. The second kappa shape index (κ2) is 2.73. The maximum Gasteiger partial charge on any atom is 0.169 e. The largest absolute Gasteiger partial charge is 0.334 e. The van der Waals surface area contributed by atoms with Gasteiger partial charge in [0.25, 0.3) is 0 Å². The van der Waals surface area contributed by atoms with Gasteiger partial charge in [0, 0.05) is 12.2 Å². The van der Waals surface area contributed by atoms with Gasteiger partial charge >= 0.3 is 0 Å². The SMILES string of the molecule is CC1CC(n2cnc(C=O)c2)C1. The van der Waals surface area contributed by atoms with E-state index in [1.165, 1.54) is 12.8 Å². The van der Waals surface area contributed by atoms with Crippen LogP contribution in [-0.2, 0) is 0 Å². The van der Waals surface area contributed by atoms with Crippen molar-refractivity contribution in [3.8, 4) is 0 Å². The van der Waals surface area contributed by atoms with E-state index in [9.17, 15) is 4.79 Å². The van der Waals surface area contributed by atoms with Crippen LogP contribution in [0, 0.1) is 5.92 Å². The number of hydrogen-bond donors (Lipinski definition) is 0. The molecule has 0 amide bonds. The minimum Gasteiger partial charge on any atom is -0.334 e. The van der Waals surface area contributed by atoms with Gasteiger partial charge in [-0.1, -0.05) is 6.92 Å². The maximum absolute atomic E-state index is 10.3. The van der Waals surface area contributed by atoms with Gasteiger partial charge in [0.1, 0.15) is 5.69 Å². The average molecular weight is 164 g/mol. The molecule has 0 aliphatic heterocycles. The van der Waals surface area contributed by atoms with E-state index in [0.717, 1.165) is 12.2 Å². The summed E-state index contributed by atoms with van der Waals surface area (Å²) in [5.74, 6) is 0.831. The third-order valence-corrected chi connectivity index (χ3v) is 2.51. The lowest BCUT2D eigenvalue weighted by Gasteiger charge is -2.33. The molecule has 1 fully saturated rings. The van der Waals surface area contributed by atoms with Gasteiger partial charge in [-0.05, 0) is 18.8 Å². The van der Waals surface area contributed by atoms with E-state index in [0.29, 0.717) is 11.7 Å². The predicted octanol–water partition coefficient (Wildman–Crippen LogP) is 1.67. The summed E-state index contributed by atoms with van der Waals surface area (Å²) in [6.07, 6.45) is 6.80. The number of aromatic nitrogens is 2. The van der Waals surface area contributed by atoms with E-state index in [1.807, 2.05) is 10.8 Å². The molecule has 1 aromatic rings. The first-order valence-electron chi connectivity index (χ1n) is 4.28. The summed E-state index contributed by atoms with van der Waals surface area (Å²) in [5, 5.41) is 0. The summed E-state index contributed by atoms with van der Waals surface area (Å²) in [6, 6.07) is 0.584. The molecular formula is C9H12N2O. The predicted molar refractivity (Wildman–Crippen MR) is 45.0 cm³/mol. The van der Waals surface area contributed by atoms with Gasteiger partial charge in [-0.3, -0.25) is 4.79 Å². The molecule has 0 N–H and O–H groups in total.